The van der Waals surface area contributed by atoms with Gasteiger partial charge in [-0.15, -0.1) is 0 Å². The molecule has 0 saturated carbocycles. The zero-order valence-corrected chi connectivity index (χ0v) is 12.4. The fourth-order valence-electron chi connectivity index (χ4n) is 2.18. The molecule has 0 amide bonds. The predicted octanol–water partition coefficient (Wildman–Crippen LogP) is -1.34. The van der Waals surface area contributed by atoms with E-state index in [0.29, 0.717) is 0 Å². The van der Waals surface area contributed by atoms with Crippen LogP contribution in [-0.2, 0) is 9.53 Å². The van der Waals surface area contributed by atoms with Crippen molar-refractivity contribution in [2.45, 2.75) is 30.7 Å². The Balaban J connectivity index is 2.30. The highest BCUT2D eigenvalue weighted by atomic mass is 16.7. The summed E-state index contributed by atoms with van der Waals surface area (Å²) < 4.78 is 15.2. The van der Waals surface area contributed by atoms with E-state index in [4.69, 9.17) is 24.4 Å². The number of hydrogen-bond acceptors (Lipinski definition) is 8. The number of ether oxygens (including phenoxy) is 3. The molecule has 0 bridgehead atoms. The van der Waals surface area contributed by atoms with Crippen molar-refractivity contribution in [3.8, 4) is 11.5 Å². The summed E-state index contributed by atoms with van der Waals surface area (Å²) in [5.41, 5.74) is -0.147. The van der Waals surface area contributed by atoms with Crippen LogP contribution in [0.2, 0.25) is 0 Å². The lowest BCUT2D eigenvalue weighted by atomic mass is 9.99. The van der Waals surface area contributed by atoms with Gasteiger partial charge in [-0.05, 0) is 18.2 Å². The lowest BCUT2D eigenvalue weighted by molar-refractivity contribution is -0.271. The van der Waals surface area contributed by atoms with Gasteiger partial charge in [0.2, 0.25) is 6.29 Å². The van der Waals surface area contributed by atoms with Crippen molar-refractivity contribution in [1.82, 2.24) is 0 Å². The summed E-state index contributed by atoms with van der Waals surface area (Å²) in [6, 6.07) is 3.64. The van der Waals surface area contributed by atoms with Gasteiger partial charge in [0.25, 0.3) is 0 Å². The Hall–Kier alpha value is -2.40. The number of aliphatic hydroxyl groups is 3. The first-order valence-corrected chi connectivity index (χ1v) is 6.76. The van der Waals surface area contributed by atoms with E-state index in [1.165, 1.54) is 19.2 Å². The Kier molecular flexibility index (Phi) is 5.24. The summed E-state index contributed by atoms with van der Waals surface area (Å²) in [4.78, 5) is 22.1. The highest BCUT2D eigenvalue weighted by Crippen LogP contribution is 2.32. The molecule has 1 saturated heterocycles. The van der Waals surface area contributed by atoms with Crippen LogP contribution < -0.4 is 9.47 Å². The van der Waals surface area contributed by atoms with Gasteiger partial charge >= 0.3 is 11.9 Å². The molecule has 0 aromatic heterocycles. The van der Waals surface area contributed by atoms with Gasteiger partial charge in [0.1, 0.15) is 18.3 Å². The van der Waals surface area contributed by atoms with Crippen LogP contribution in [0.25, 0.3) is 0 Å². The monoisotopic (exact) mass is 344 g/mol. The van der Waals surface area contributed by atoms with E-state index in [9.17, 15) is 24.9 Å². The van der Waals surface area contributed by atoms with Crippen LogP contribution in [0.15, 0.2) is 18.2 Å². The second-order valence-corrected chi connectivity index (χ2v) is 5.02. The number of carboxylic acid groups (broad SMARTS) is 2. The highest BCUT2D eigenvalue weighted by molar-refractivity contribution is 5.88. The van der Waals surface area contributed by atoms with Crippen LogP contribution >= 0.6 is 0 Å². The molecular weight excluding hydrogens is 328 g/mol. The topological polar surface area (TPSA) is 163 Å². The molecule has 1 aromatic carbocycles. The van der Waals surface area contributed by atoms with Crippen LogP contribution in [0, 0.1) is 0 Å². The summed E-state index contributed by atoms with van der Waals surface area (Å²) >= 11 is 0. The van der Waals surface area contributed by atoms with Gasteiger partial charge in [0.15, 0.2) is 17.6 Å². The van der Waals surface area contributed by atoms with Crippen molar-refractivity contribution in [2.24, 2.45) is 0 Å². The molecule has 10 heteroatoms. The average molecular weight is 344 g/mol. The lowest BCUT2D eigenvalue weighted by Crippen LogP contribution is -2.61. The molecule has 5 N–H and O–H groups in total. The number of rotatable bonds is 5. The van der Waals surface area contributed by atoms with Crippen molar-refractivity contribution in [1.29, 1.82) is 0 Å². The Morgan fingerprint density at radius 1 is 1.04 bits per heavy atom. The van der Waals surface area contributed by atoms with Gasteiger partial charge in [-0.1, -0.05) is 0 Å². The maximum absolute atomic E-state index is 11.0. The van der Waals surface area contributed by atoms with Crippen molar-refractivity contribution < 1.29 is 49.3 Å². The number of carboxylic acids is 2. The predicted molar refractivity (Wildman–Crippen MR) is 74.9 cm³/mol. The molecule has 10 nitrogen and oxygen atoms in total. The van der Waals surface area contributed by atoms with Gasteiger partial charge in [-0.2, -0.15) is 0 Å². The molecule has 0 spiro atoms. The number of aliphatic carboxylic acids is 1. The van der Waals surface area contributed by atoms with Crippen LogP contribution in [0.5, 0.6) is 11.5 Å². The van der Waals surface area contributed by atoms with Crippen LogP contribution in [0.3, 0.4) is 0 Å². The Bertz CT molecular complexity index is 630. The second kappa shape index (κ2) is 7.01. The number of benzene rings is 1. The van der Waals surface area contributed by atoms with Crippen LogP contribution in [0.1, 0.15) is 10.4 Å². The average Bonchev–Trinajstić information content (AvgIpc) is 2.54. The Labute approximate surface area is 135 Å². The Morgan fingerprint density at radius 3 is 2.25 bits per heavy atom. The van der Waals surface area contributed by atoms with E-state index in [0.717, 1.165) is 6.07 Å². The summed E-state index contributed by atoms with van der Waals surface area (Å²) in [6.07, 6.45) is -8.96. The minimum Gasteiger partial charge on any atom is -0.493 e. The maximum atomic E-state index is 11.0. The van der Waals surface area contributed by atoms with E-state index < -0.39 is 42.6 Å². The molecule has 1 aliphatic rings. The molecule has 1 aliphatic heterocycles. The van der Waals surface area contributed by atoms with Crippen LogP contribution in [0.4, 0.5) is 0 Å². The van der Waals surface area contributed by atoms with Crippen molar-refractivity contribution in [3.63, 3.8) is 0 Å². The van der Waals surface area contributed by atoms with Crippen molar-refractivity contribution >= 4 is 11.9 Å². The van der Waals surface area contributed by atoms with Gasteiger partial charge in [0.05, 0.1) is 12.7 Å². The first kappa shape index (κ1) is 17.9. The first-order chi connectivity index (χ1) is 11.3. The SMILES string of the molecule is COc1ccc(C(=O)O)cc1O[C@@H]1O[C@H](C(=O)O)[C@@H](O)[C@H](O)[C@H]1O. The van der Waals surface area contributed by atoms with E-state index in [1.54, 1.807) is 0 Å². The van der Waals surface area contributed by atoms with Crippen molar-refractivity contribution in [3.05, 3.63) is 23.8 Å². The third-order valence-electron chi connectivity index (χ3n) is 3.47. The number of hydrogen-bond donors (Lipinski definition) is 5. The number of methoxy groups -OCH3 is 1. The molecule has 1 heterocycles. The number of carbonyl (C=O) groups is 2. The minimum atomic E-state index is -1.86. The van der Waals surface area contributed by atoms with Gasteiger partial charge in [0, 0.05) is 0 Å². The molecule has 2 rings (SSSR count). The summed E-state index contributed by atoms with van der Waals surface area (Å²) in [7, 11) is 1.29. The van der Waals surface area contributed by atoms with E-state index in [-0.39, 0.29) is 17.1 Å². The minimum absolute atomic E-state index is 0.100. The normalized spacial score (nSPS) is 29.8. The largest absolute Gasteiger partial charge is 0.493 e. The lowest BCUT2D eigenvalue weighted by Gasteiger charge is -2.38. The molecule has 1 fully saturated rings. The number of aliphatic hydroxyl groups excluding tert-OH is 3. The van der Waals surface area contributed by atoms with Gasteiger partial charge in [-0.3, -0.25) is 0 Å². The highest BCUT2D eigenvalue weighted by Gasteiger charge is 2.48. The van der Waals surface area contributed by atoms with Gasteiger partial charge in [-0.25, -0.2) is 9.59 Å². The quantitative estimate of drug-likeness (QED) is 0.432. The molecular formula is C14H16O10. The summed E-state index contributed by atoms with van der Waals surface area (Å²) in [6.45, 7) is 0. The fourth-order valence-corrected chi connectivity index (χ4v) is 2.18. The third kappa shape index (κ3) is 3.41. The smallest absolute Gasteiger partial charge is 0.335 e. The summed E-state index contributed by atoms with van der Waals surface area (Å²) in [5, 5.41) is 47.2. The molecule has 24 heavy (non-hydrogen) atoms. The maximum Gasteiger partial charge on any atom is 0.335 e. The van der Waals surface area contributed by atoms with Gasteiger partial charge < -0.3 is 39.7 Å². The summed E-state index contributed by atoms with van der Waals surface area (Å²) in [5.74, 6) is -2.85. The molecule has 0 radical (unpaired) electrons. The zero-order chi connectivity index (χ0) is 18.0. The third-order valence-corrected chi connectivity index (χ3v) is 3.47. The molecule has 0 aliphatic carbocycles. The second-order valence-electron chi connectivity index (χ2n) is 5.02. The molecule has 1 aromatic rings. The standard InChI is InChI=1S/C14H16O10/c1-22-6-3-2-5(12(18)19)4-7(6)23-14-10(17)8(15)9(16)11(24-14)13(20)21/h2-4,8-11,14-17H,1H3,(H,18,19)(H,20,21)/t8-,9-,10+,11-,14+/m0/s1. The zero-order valence-electron chi connectivity index (χ0n) is 12.4. The van der Waals surface area contributed by atoms with Crippen molar-refractivity contribution in [2.75, 3.05) is 7.11 Å². The first-order valence-electron chi connectivity index (χ1n) is 6.76. The fraction of sp³-hybridized carbons (Fsp3) is 0.429. The van der Waals surface area contributed by atoms with E-state index in [1.807, 2.05) is 0 Å². The molecule has 5 atom stereocenters. The van der Waals surface area contributed by atoms with E-state index >= 15 is 0 Å². The van der Waals surface area contributed by atoms with Crippen LogP contribution in [-0.4, -0.2) is 75.3 Å². The molecule has 0 unspecified atom stereocenters. The Morgan fingerprint density at radius 2 is 1.71 bits per heavy atom. The number of aromatic carboxylic acids is 1. The van der Waals surface area contributed by atoms with E-state index in [2.05, 4.69) is 0 Å². The molecule has 132 valence electrons.